The molecule has 0 radical (unpaired) electrons. The minimum Gasteiger partial charge on any atom is -0.477 e. The molecule has 1 saturated heterocycles. The van der Waals surface area contributed by atoms with Crippen LogP contribution in [0, 0.1) is 0 Å². The maximum atomic E-state index is 12.4. The first kappa shape index (κ1) is 18.1. The summed E-state index contributed by atoms with van der Waals surface area (Å²) in [5.41, 5.74) is 4.19. The Bertz CT molecular complexity index is 635. The Labute approximate surface area is 141 Å². The molecule has 2 rings (SSSR count). The minimum atomic E-state index is -1.75. The Morgan fingerprint density at radius 2 is 2.12 bits per heavy atom. The summed E-state index contributed by atoms with van der Waals surface area (Å²) < 4.78 is 9.53. The van der Waals surface area contributed by atoms with Crippen LogP contribution in [0.1, 0.15) is 13.8 Å². The van der Waals surface area contributed by atoms with Crippen molar-refractivity contribution in [1.29, 1.82) is 0 Å². The van der Waals surface area contributed by atoms with E-state index in [2.05, 4.69) is 5.32 Å². The summed E-state index contributed by atoms with van der Waals surface area (Å²) in [5, 5.41) is 10.9. The SMILES string of the molecule is CCOC(=O)N[C@]1(N)C(=O)N2C(C(=O)O)=C(COC(C)=O)CS[C@@H]21. The number of ether oxygens (including phenoxy) is 2. The molecule has 11 heteroatoms. The molecular formula is C13H17N3O7S. The molecular weight excluding hydrogens is 342 g/mol. The summed E-state index contributed by atoms with van der Waals surface area (Å²) in [5.74, 6) is -2.49. The molecule has 10 nitrogen and oxygen atoms in total. The number of fused-ring (bicyclic) bond motifs is 1. The van der Waals surface area contributed by atoms with E-state index in [0.29, 0.717) is 0 Å². The largest absolute Gasteiger partial charge is 0.477 e. The number of hydrogen-bond donors (Lipinski definition) is 3. The van der Waals surface area contributed by atoms with Crippen LogP contribution in [-0.2, 0) is 23.9 Å². The van der Waals surface area contributed by atoms with Crippen molar-refractivity contribution >= 4 is 35.7 Å². The molecule has 0 aromatic rings. The van der Waals surface area contributed by atoms with Gasteiger partial charge < -0.3 is 14.6 Å². The predicted molar refractivity (Wildman–Crippen MR) is 81.5 cm³/mol. The van der Waals surface area contributed by atoms with Crippen LogP contribution in [-0.4, -0.2) is 63.9 Å². The number of esters is 1. The highest BCUT2D eigenvalue weighted by atomic mass is 32.2. The Morgan fingerprint density at radius 3 is 2.67 bits per heavy atom. The molecule has 2 amide bonds. The van der Waals surface area contributed by atoms with E-state index in [9.17, 15) is 24.3 Å². The fourth-order valence-corrected chi connectivity index (χ4v) is 3.75. The molecule has 2 aliphatic heterocycles. The molecule has 24 heavy (non-hydrogen) atoms. The number of thioether (sulfide) groups is 1. The second-order valence-corrected chi connectivity index (χ2v) is 6.16. The van der Waals surface area contributed by atoms with Gasteiger partial charge in [0.15, 0.2) is 0 Å². The number of aliphatic carboxylic acids is 1. The van der Waals surface area contributed by atoms with Gasteiger partial charge in [0, 0.05) is 18.2 Å². The van der Waals surface area contributed by atoms with Crippen LogP contribution >= 0.6 is 11.8 Å². The molecule has 132 valence electrons. The molecule has 0 aromatic heterocycles. The van der Waals surface area contributed by atoms with Crippen molar-refractivity contribution in [2.75, 3.05) is 19.0 Å². The number of alkyl carbamates (subject to hydrolysis) is 1. The molecule has 0 aliphatic carbocycles. The van der Waals surface area contributed by atoms with Gasteiger partial charge in [0.05, 0.1) is 6.61 Å². The average molecular weight is 359 g/mol. The number of β-lactam (4-membered cyclic amide) rings is 1. The smallest absolute Gasteiger partial charge is 0.409 e. The van der Waals surface area contributed by atoms with Gasteiger partial charge in [0.25, 0.3) is 5.91 Å². The lowest BCUT2D eigenvalue weighted by Gasteiger charge is -2.54. The summed E-state index contributed by atoms with van der Waals surface area (Å²) >= 11 is 1.16. The number of carboxylic acids is 1. The summed E-state index contributed by atoms with van der Waals surface area (Å²) in [6.07, 6.45) is -0.861. The average Bonchev–Trinajstić information content (AvgIpc) is 2.51. The summed E-state index contributed by atoms with van der Waals surface area (Å²) in [6, 6.07) is 0. The molecule has 2 atom stereocenters. The zero-order valence-corrected chi connectivity index (χ0v) is 13.8. The first-order valence-corrected chi connectivity index (χ1v) is 8.05. The summed E-state index contributed by atoms with van der Waals surface area (Å²) in [4.78, 5) is 47.3. The van der Waals surface area contributed by atoms with Gasteiger partial charge in [-0.2, -0.15) is 0 Å². The van der Waals surface area contributed by atoms with Crippen molar-refractivity contribution in [3.05, 3.63) is 11.3 Å². The number of carbonyl (C=O) groups excluding carboxylic acids is 3. The lowest BCUT2D eigenvalue weighted by atomic mass is 9.96. The molecule has 2 aliphatic rings. The molecule has 1 fully saturated rings. The molecule has 0 aromatic carbocycles. The van der Waals surface area contributed by atoms with E-state index < -0.39 is 35.0 Å². The van der Waals surface area contributed by atoms with Crippen LogP contribution in [0.2, 0.25) is 0 Å². The van der Waals surface area contributed by atoms with E-state index >= 15 is 0 Å². The van der Waals surface area contributed by atoms with Crippen molar-refractivity contribution in [1.82, 2.24) is 10.2 Å². The van der Waals surface area contributed by atoms with Gasteiger partial charge in [-0.15, -0.1) is 11.8 Å². The number of amides is 2. The van der Waals surface area contributed by atoms with Crippen LogP contribution in [0.3, 0.4) is 0 Å². The van der Waals surface area contributed by atoms with E-state index in [1.165, 1.54) is 6.92 Å². The summed E-state index contributed by atoms with van der Waals surface area (Å²) in [6.45, 7) is 2.66. The monoisotopic (exact) mass is 359 g/mol. The van der Waals surface area contributed by atoms with Crippen molar-refractivity contribution in [2.45, 2.75) is 24.9 Å². The fourth-order valence-electron chi connectivity index (χ4n) is 2.40. The highest BCUT2D eigenvalue weighted by Gasteiger charge is 2.64. The molecule has 2 heterocycles. The third kappa shape index (κ3) is 3.04. The van der Waals surface area contributed by atoms with Gasteiger partial charge in [-0.05, 0) is 6.92 Å². The van der Waals surface area contributed by atoms with E-state index in [1.54, 1.807) is 6.92 Å². The number of carbonyl (C=O) groups is 4. The standard InChI is InChI=1S/C13H17N3O7S/c1-3-22-12(21)15-13(14)10(20)16-8(9(18)19)7(4-23-6(2)17)5-24-11(13)16/h11H,3-5,14H2,1-2H3,(H,15,21)(H,18,19)/t11-,13-/m1/s1. The van der Waals surface area contributed by atoms with Crippen LogP contribution in [0.5, 0.6) is 0 Å². The molecule has 4 N–H and O–H groups in total. The van der Waals surface area contributed by atoms with E-state index in [0.717, 1.165) is 16.7 Å². The lowest BCUT2D eigenvalue weighted by Crippen LogP contribution is -2.84. The first-order valence-electron chi connectivity index (χ1n) is 7.00. The number of nitrogens with two attached hydrogens (primary N) is 1. The van der Waals surface area contributed by atoms with Crippen LogP contribution < -0.4 is 11.1 Å². The highest BCUT2D eigenvalue weighted by Crippen LogP contribution is 2.43. The number of nitrogens with one attached hydrogen (secondary N) is 1. The second kappa shape index (κ2) is 6.69. The Morgan fingerprint density at radius 1 is 1.46 bits per heavy atom. The normalized spacial score (nSPS) is 25.5. The molecule has 0 unspecified atom stereocenters. The third-order valence-corrected chi connectivity index (χ3v) is 4.84. The zero-order valence-electron chi connectivity index (χ0n) is 13.0. The van der Waals surface area contributed by atoms with Crippen LogP contribution in [0.15, 0.2) is 11.3 Å². The number of hydrogen-bond acceptors (Lipinski definition) is 8. The van der Waals surface area contributed by atoms with Gasteiger partial charge in [-0.1, -0.05) is 0 Å². The van der Waals surface area contributed by atoms with E-state index in [1.807, 2.05) is 0 Å². The Hall–Kier alpha value is -2.27. The van der Waals surface area contributed by atoms with Crippen LogP contribution in [0.4, 0.5) is 4.79 Å². The van der Waals surface area contributed by atoms with E-state index in [4.69, 9.17) is 15.2 Å². The maximum Gasteiger partial charge on any atom is 0.409 e. The van der Waals surface area contributed by atoms with Gasteiger partial charge in [0.1, 0.15) is 17.7 Å². The fraction of sp³-hybridized carbons (Fsp3) is 0.538. The lowest BCUT2D eigenvalue weighted by molar-refractivity contribution is -0.156. The van der Waals surface area contributed by atoms with Gasteiger partial charge in [-0.25, -0.2) is 9.59 Å². The summed E-state index contributed by atoms with van der Waals surface area (Å²) in [7, 11) is 0. The first-order chi connectivity index (χ1) is 11.2. The highest BCUT2D eigenvalue weighted by molar-refractivity contribution is 8.00. The minimum absolute atomic E-state index is 0.102. The van der Waals surface area contributed by atoms with Gasteiger partial charge >= 0.3 is 18.0 Å². The third-order valence-electron chi connectivity index (χ3n) is 3.42. The Kier molecular flexibility index (Phi) is 5.04. The molecule has 0 spiro atoms. The molecule has 0 saturated carbocycles. The number of rotatable bonds is 5. The van der Waals surface area contributed by atoms with Gasteiger partial charge in [-0.3, -0.25) is 25.5 Å². The van der Waals surface area contributed by atoms with Gasteiger partial charge in [0.2, 0.25) is 5.66 Å². The van der Waals surface area contributed by atoms with Crippen molar-refractivity contribution < 1.29 is 33.8 Å². The van der Waals surface area contributed by atoms with Crippen molar-refractivity contribution in [3.8, 4) is 0 Å². The zero-order chi connectivity index (χ0) is 18.1. The maximum absolute atomic E-state index is 12.4. The topological polar surface area (TPSA) is 148 Å². The van der Waals surface area contributed by atoms with Crippen molar-refractivity contribution in [2.24, 2.45) is 5.73 Å². The van der Waals surface area contributed by atoms with Crippen molar-refractivity contribution in [3.63, 3.8) is 0 Å². The van der Waals surface area contributed by atoms with E-state index in [-0.39, 0.29) is 30.2 Å². The number of carboxylic acid groups (broad SMARTS) is 1. The Balaban J connectivity index is 2.24. The quantitative estimate of drug-likeness (QED) is 0.326. The van der Waals surface area contributed by atoms with Crippen LogP contribution in [0.25, 0.3) is 0 Å². The number of nitrogens with zero attached hydrogens (tertiary/aromatic N) is 1. The molecule has 0 bridgehead atoms. The predicted octanol–water partition coefficient (Wildman–Crippen LogP) is -0.796. The second-order valence-electron chi connectivity index (χ2n) is 5.09.